The molecule has 1 fully saturated rings. The number of nitrogens with zero attached hydrogens (tertiary/aromatic N) is 2. The molecule has 2 aromatic rings. The molecule has 7 heteroatoms. The first-order valence-corrected chi connectivity index (χ1v) is 6.88. The molecule has 1 saturated heterocycles. The van der Waals surface area contributed by atoms with Crippen LogP contribution in [0.5, 0.6) is 0 Å². The highest BCUT2D eigenvalue weighted by molar-refractivity contribution is 5.92. The van der Waals surface area contributed by atoms with Crippen molar-refractivity contribution < 1.29 is 9.21 Å². The second-order valence-electron chi connectivity index (χ2n) is 5.00. The van der Waals surface area contributed by atoms with Crippen LogP contribution >= 0.6 is 12.4 Å². The van der Waals surface area contributed by atoms with E-state index in [-0.39, 0.29) is 18.3 Å². The van der Waals surface area contributed by atoms with Gasteiger partial charge < -0.3 is 15.1 Å². The zero-order chi connectivity index (χ0) is 13.8. The third kappa shape index (κ3) is 3.86. The Hall–Kier alpha value is -1.79. The van der Waals surface area contributed by atoms with Gasteiger partial charge in [-0.25, -0.2) is 0 Å². The lowest BCUT2D eigenvalue weighted by Gasteiger charge is -2.22. The van der Waals surface area contributed by atoms with E-state index < -0.39 is 0 Å². The molecule has 21 heavy (non-hydrogen) atoms. The smallest absolute Gasteiger partial charge is 0.272 e. The maximum Gasteiger partial charge on any atom is 0.272 e. The summed E-state index contributed by atoms with van der Waals surface area (Å²) in [6.07, 6.45) is 7.33. The fraction of sp³-hybridized carbons (Fsp3) is 0.429. The molecule has 6 nitrogen and oxygen atoms in total. The zero-order valence-corrected chi connectivity index (χ0v) is 12.4. The van der Waals surface area contributed by atoms with Crippen molar-refractivity contribution in [2.75, 3.05) is 13.1 Å². The molecule has 0 saturated carbocycles. The van der Waals surface area contributed by atoms with Crippen LogP contribution in [0.2, 0.25) is 0 Å². The number of piperidine rings is 1. The summed E-state index contributed by atoms with van der Waals surface area (Å²) in [6.45, 7) is 2.43. The summed E-state index contributed by atoms with van der Waals surface area (Å²) >= 11 is 0. The summed E-state index contributed by atoms with van der Waals surface area (Å²) in [5, 5.41) is 10.5. The van der Waals surface area contributed by atoms with Gasteiger partial charge in [-0.05, 0) is 31.5 Å². The summed E-state index contributed by atoms with van der Waals surface area (Å²) in [5.74, 6) is -0.159. The number of nitrogens with one attached hydrogen (secondary N) is 2. The van der Waals surface area contributed by atoms with Crippen molar-refractivity contribution in [3.05, 3.63) is 42.1 Å². The van der Waals surface area contributed by atoms with Gasteiger partial charge in [0.1, 0.15) is 5.69 Å². The molecular weight excluding hydrogens is 292 g/mol. The normalized spacial score (nSPS) is 18.0. The average molecular weight is 311 g/mol. The van der Waals surface area contributed by atoms with E-state index in [2.05, 4.69) is 15.7 Å². The first kappa shape index (κ1) is 15.6. The minimum atomic E-state index is -0.159. The molecule has 1 atom stereocenters. The van der Waals surface area contributed by atoms with Gasteiger partial charge in [0, 0.05) is 24.8 Å². The first-order valence-electron chi connectivity index (χ1n) is 6.88. The van der Waals surface area contributed by atoms with E-state index in [0.29, 0.717) is 18.3 Å². The van der Waals surface area contributed by atoms with E-state index in [1.54, 1.807) is 18.6 Å². The summed E-state index contributed by atoms with van der Waals surface area (Å²) < 4.78 is 6.85. The molecule has 1 aliphatic heterocycles. The average Bonchev–Trinajstić information content (AvgIpc) is 3.17. The number of carbonyl (C=O) groups excluding carboxylic acids is 1. The highest BCUT2D eigenvalue weighted by Crippen LogP contribution is 2.15. The molecule has 3 rings (SSSR count). The second kappa shape index (κ2) is 7.28. The lowest BCUT2D eigenvalue weighted by atomic mass is 10.1. The molecule has 0 bridgehead atoms. The van der Waals surface area contributed by atoms with E-state index in [0.717, 1.165) is 31.5 Å². The second-order valence-corrected chi connectivity index (χ2v) is 5.00. The molecule has 0 radical (unpaired) electrons. The van der Waals surface area contributed by atoms with Crippen LogP contribution in [0.3, 0.4) is 0 Å². The van der Waals surface area contributed by atoms with E-state index in [1.807, 2.05) is 16.9 Å². The van der Waals surface area contributed by atoms with Crippen molar-refractivity contribution in [3.63, 3.8) is 0 Å². The van der Waals surface area contributed by atoms with Crippen LogP contribution in [0.25, 0.3) is 0 Å². The van der Waals surface area contributed by atoms with E-state index in [1.165, 1.54) is 0 Å². The molecule has 114 valence electrons. The van der Waals surface area contributed by atoms with Crippen LogP contribution in [0.15, 0.2) is 35.3 Å². The van der Waals surface area contributed by atoms with Crippen LogP contribution in [0.1, 0.15) is 34.9 Å². The Kier molecular flexibility index (Phi) is 5.41. The fourth-order valence-electron chi connectivity index (χ4n) is 2.39. The Balaban J connectivity index is 0.00000161. The van der Waals surface area contributed by atoms with E-state index in [9.17, 15) is 4.79 Å². The Bertz CT molecular complexity index is 561. The number of aromatic nitrogens is 2. The molecule has 3 heterocycles. The first-order chi connectivity index (χ1) is 9.83. The standard InChI is InChI=1S/C14H18N4O2.ClH/c19-14(16-8-11-4-7-20-10-11)13-3-6-18(17-13)12-2-1-5-15-9-12;/h3-4,6-7,10,12,15H,1-2,5,8-9H2,(H,16,19);1H. The van der Waals surface area contributed by atoms with Crippen LogP contribution in [0.4, 0.5) is 0 Å². The SMILES string of the molecule is Cl.O=C(NCc1ccoc1)c1ccn(C2CCCNC2)n1. The van der Waals surface area contributed by atoms with Crippen LogP contribution in [0, 0.1) is 0 Å². The number of hydrogen-bond donors (Lipinski definition) is 2. The van der Waals surface area contributed by atoms with Gasteiger partial charge in [0.05, 0.1) is 18.6 Å². The van der Waals surface area contributed by atoms with Crippen LogP contribution < -0.4 is 10.6 Å². The predicted octanol–water partition coefficient (Wildman–Crippen LogP) is 1.75. The maximum atomic E-state index is 12.0. The van der Waals surface area contributed by atoms with Gasteiger partial charge in [-0.1, -0.05) is 0 Å². The van der Waals surface area contributed by atoms with Crippen LogP contribution in [-0.4, -0.2) is 28.8 Å². The van der Waals surface area contributed by atoms with Gasteiger partial charge in [-0.15, -0.1) is 12.4 Å². The van der Waals surface area contributed by atoms with Gasteiger partial charge in [-0.2, -0.15) is 5.10 Å². The number of hydrogen-bond acceptors (Lipinski definition) is 4. The number of furan rings is 1. The van der Waals surface area contributed by atoms with Crippen molar-refractivity contribution in [2.24, 2.45) is 0 Å². The Morgan fingerprint density at radius 1 is 1.52 bits per heavy atom. The molecule has 2 aromatic heterocycles. The molecule has 1 unspecified atom stereocenters. The summed E-state index contributed by atoms with van der Waals surface area (Å²) in [4.78, 5) is 12.0. The minimum absolute atomic E-state index is 0. The molecule has 0 aliphatic carbocycles. The van der Waals surface area contributed by atoms with Crippen LogP contribution in [-0.2, 0) is 6.54 Å². The number of carbonyl (C=O) groups is 1. The lowest BCUT2D eigenvalue weighted by molar-refractivity contribution is 0.0944. The van der Waals surface area contributed by atoms with Gasteiger partial charge >= 0.3 is 0 Å². The molecule has 0 spiro atoms. The summed E-state index contributed by atoms with van der Waals surface area (Å²) in [6, 6.07) is 3.94. The van der Waals surface area contributed by atoms with Crippen molar-refractivity contribution in [1.29, 1.82) is 0 Å². The molecule has 0 aromatic carbocycles. The topological polar surface area (TPSA) is 72.1 Å². The third-order valence-corrected chi connectivity index (χ3v) is 3.52. The summed E-state index contributed by atoms with van der Waals surface area (Å²) in [7, 11) is 0. The Morgan fingerprint density at radius 3 is 3.14 bits per heavy atom. The quantitative estimate of drug-likeness (QED) is 0.902. The summed E-state index contributed by atoms with van der Waals surface area (Å²) in [5.41, 5.74) is 1.40. The van der Waals surface area contributed by atoms with Crippen molar-refractivity contribution in [1.82, 2.24) is 20.4 Å². The highest BCUT2D eigenvalue weighted by Gasteiger charge is 2.17. The number of rotatable bonds is 4. The third-order valence-electron chi connectivity index (χ3n) is 3.52. The molecule has 1 aliphatic rings. The Labute approximate surface area is 129 Å². The van der Waals surface area contributed by atoms with Gasteiger partial charge in [0.25, 0.3) is 5.91 Å². The number of halogens is 1. The highest BCUT2D eigenvalue weighted by atomic mass is 35.5. The lowest BCUT2D eigenvalue weighted by Crippen LogP contribution is -2.32. The molecular formula is C14H19ClN4O2. The van der Waals surface area contributed by atoms with Gasteiger partial charge in [0.15, 0.2) is 0 Å². The maximum absolute atomic E-state index is 12.0. The predicted molar refractivity (Wildman–Crippen MR) is 80.5 cm³/mol. The molecule has 2 N–H and O–H groups in total. The van der Waals surface area contributed by atoms with Gasteiger partial charge in [0.2, 0.25) is 0 Å². The largest absolute Gasteiger partial charge is 0.472 e. The number of amides is 1. The molecule has 1 amide bonds. The van der Waals surface area contributed by atoms with Crippen molar-refractivity contribution >= 4 is 18.3 Å². The monoisotopic (exact) mass is 310 g/mol. The van der Waals surface area contributed by atoms with Crippen molar-refractivity contribution in [3.8, 4) is 0 Å². The fourth-order valence-corrected chi connectivity index (χ4v) is 2.39. The van der Waals surface area contributed by atoms with E-state index in [4.69, 9.17) is 4.42 Å². The van der Waals surface area contributed by atoms with E-state index >= 15 is 0 Å². The zero-order valence-electron chi connectivity index (χ0n) is 11.6. The Morgan fingerprint density at radius 2 is 2.43 bits per heavy atom. The van der Waals surface area contributed by atoms with Gasteiger partial charge in [-0.3, -0.25) is 9.48 Å². The van der Waals surface area contributed by atoms with Crippen molar-refractivity contribution in [2.45, 2.75) is 25.4 Å². The minimum Gasteiger partial charge on any atom is -0.472 e.